The van der Waals surface area contributed by atoms with E-state index in [4.69, 9.17) is 4.74 Å². The van der Waals surface area contributed by atoms with Gasteiger partial charge in [0.05, 0.1) is 0 Å². The Morgan fingerprint density at radius 3 is 2.56 bits per heavy atom. The normalized spacial score (nSPS) is 30.1. The van der Waals surface area contributed by atoms with Gasteiger partial charge >= 0.3 is 0 Å². The van der Waals surface area contributed by atoms with Gasteiger partial charge in [0.1, 0.15) is 12.2 Å². The SMILES string of the molecule is C1=C[C@H]2O[C@@H]1c1ccc(N3CCCC3)cc12. The average molecular weight is 213 g/mol. The third-order valence-electron chi connectivity index (χ3n) is 3.91. The zero-order valence-electron chi connectivity index (χ0n) is 9.23. The molecule has 1 aromatic carbocycles. The number of ether oxygens (including phenoxy) is 1. The summed E-state index contributed by atoms with van der Waals surface area (Å²) < 4.78 is 5.83. The fourth-order valence-corrected chi connectivity index (χ4v) is 3.04. The van der Waals surface area contributed by atoms with Gasteiger partial charge in [0, 0.05) is 18.8 Å². The molecule has 2 atom stereocenters. The van der Waals surface area contributed by atoms with Gasteiger partial charge in [-0.05, 0) is 36.1 Å². The molecule has 2 bridgehead atoms. The average Bonchev–Trinajstić information content (AvgIpc) is 3.06. The predicted molar refractivity (Wildman–Crippen MR) is 63.6 cm³/mol. The lowest BCUT2D eigenvalue weighted by Crippen LogP contribution is -2.17. The first-order valence-corrected chi connectivity index (χ1v) is 6.14. The molecule has 3 aliphatic rings. The highest BCUT2D eigenvalue weighted by Gasteiger charge is 2.33. The van der Waals surface area contributed by atoms with Crippen molar-refractivity contribution in [2.24, 2.45) is 0 Å². The van der Waals surface area contributed by atoms with Gasteiger partial charge in [0.15, 0.2) is 0 Å². The summed E-state index contributed by atoms with van der Waals surface area (Å²) in [7, 11) is 0. The monoisotopic (exact) mass is 213 g/mol. The number of fused-ring (bicyclic) bond motifs is 5. The molecule has 0 saturated carbocycles. The third-order valence-corrected chi connectivity index (χ3v) is 3.91. The summed E-state index contributed by atoms with van der Waals surface area (Å²) in [5.41, 5.74) is 4.13. The lowest BCUT2D eigenvalue weighted by atomic mass is 9.96. The molecule has 0 spiro atoms. The van der Waals surface area contributed by atoms with Crippen molar-refractivity contribution in [2.75, 3.05) is 18.0 Å². The molecule has 0 aromatic heterocycles. The maximum atomic E-state index is 5.83. The lowest BCUT2D eigenvalue weighted by molar-refractivity contribution is 0.0879. The third kappa shape index (κ3) is 1.11. The minimum absolute atomic E-state index is 0.225. The number of anilines is 1. The minimum Gasteiger partial charge on any atom is -0.372 e. The van der Waals surface area contributed by atoms with Crippen LogP contribution in [0.5, 0.6) is 0 Å². The van der Waals surface area contributed by atoms with Crippen LogP contribution in [0.1, 0.15) is 36.2 Å². The quantitative estimate of drug-likeness (QED) is 0.665. The molecular formula is C14H15NO. The first-order chi connectivity index (χ1) is 7.92. The Balaban J connectivity index is 1.75. The lowest BCUT2D eigenvalue weighted by Gasteiger charge is -2.19. The molecule has 3 aliphatic heterocycles. The van der Waals surface area contributed by atoms with Crippen LogP contribution in [0.25, 0.3) is 0 Å². The zero-order valence-corrected chi connectivity index (χ0v) is 9.23. The minimum atomic E-state index is 0.225. The molecule has 0 radical (unpaired) electrons. The number of hydrogen-bond acceptors (Lipinski definition) is 2. The van der Waals surface area contributed by atoms with E-state index in [0.29, 0.717) is 0 Å². The predicted octanol–water partition coefficient (Wildman–Crippen LogP) is 2.97. The molecule has 0 unspecified atom stereocenters. The summed E-state index contributed by atoms with van der Waals surface area (Å²) in [6, 6.07) is 6.83. The molecule has 0 aliphatic carbocycles. The van der Waals surface area contributed by atoms with Gasteiger partial charge in [-0.2, -0.15) is 0 Å². The van der Waals surface area contributed by atoms with E-state index in [2.05, 4.69) is 35.3 Å². The van der Waals surface area contributed by atoms with Gasteiger partial charge < -0.3 is 9.64 Å². The molecule has 1 fully saturated rings. The Morgan fingerprint density at radius 2 is 1.75 bits per heavy atom. The zero-order chi connectivity index (χ0) is 10.5. The fraction of sp³-hybridized carbons (Fsp3) is 0.429. The van der Waals surface area contributed by atoms with Crippen LogP contribution in [0.3, 0.4) is 0 Å². The molecule has 0 N–H and O–H groups in total. The molecule has 0 amide bonds. The summed E-state index contributed by atoms with van der Waals surface area (Å²) in [6.45, 7) is 2.42. The standard InChI is InChI=1S/C14H15NO/c1-2-8-15(7-1)10-3-4-11-12(9-10)14-6-5-13(11)16-14/h3-6,9,13-14H,1-2,7-8H2/t13-,14+/m0/s1. The van der Waals surface area contributed by atoms with Crippen molar-refractivity contribution in [3.63, 3.8) is 0 Å². The van der Waals surface area contributed by atoms with Crippen LogP contribution in [0.4, 0.5) is 5.69 Å². The highest BCUT2D eigenvalue weighted by atomic mass is 16.5. The van der Waals surface area contributed by atoms with Gasteiger partial charge in [-0.25, -0.2) is 0 Å². The van der Waals surface area contributed by atoms with Crippen molar-refractivity contribution in [1.82, 2.24) is 0 Å². The number of nitrogens with zero attached hydrogens (tertiary/aromatic N) is 1. The van der Waals surface area contributed by atoms with Crippen LogP contribution in [-0.4, -0.2) is 13.1 Å². The van der Waals surface area contributed by atoms with E-state index in [9.17, 15) is 0 Å². The van der Waals surface area contributed by atoms with Gasteiger partial charge in [-0.3, -0.25) is 0 Å². The van der Waals surface area contributed by atoms with Crippen molar-refractivity contribution in [2.45, 2.75) is 25.0 Å². The number of benzene rings is 1. The maximum Gasteiger partial charge on any atom is 0.102 e. The molecule has 3 heterocycles. The van der Waals surface area contributed by atoms with Crippen LogP contribution < -0.4 is 4.90 Å². The Labute approximate surface area is 95.5 Å². The summed E-state index contributed by atoms with van der Waals surface area (Å²) in [4.78, 5) is 2.48. The fourth-order valence-electron chi connectivity index (χ4n) is 3.04. The Kier molecular flexibility index (Phi) is 1.71. The van der Waals surface area contributed by atoms with Crippen LogP contribution in [-0.2, 0) is 4.74 Å². The molecule has 1 saturated heterocycles. The Bertz CT molecular complexity index is 460. The first kappa shape index (κ1) is 8.82. The topological polar surface area (TPSA) is 12.5 Å². The van der Waals surface area contributed by atoms with Gasteiger partial charge in [-0.1, -0.05) is 18.2 Å². The van der Waals surface area contributed by atoms with E-state index in [0.717, 1.165) is 0 Å². The van der Waals surface area contributed by atoms with E-state index in [-0.39, 0.29) is 12.2 Å². The van der Waals surface area contributed by atoms with E-state index in [1.807, 2.05) is 0 Å². The molecule has 82 valence electrons. The van der Waals surface area contributed by atoms with Crippen molar-refractivity contribution in [3.8, 4) is 0 Å². The summed E-state index contributed by atoms with van der Waals surface area (Å²) in [6.07, 6.45) is 7.47. The molecular weight excluding hydrogens is 198 g/mol. The smallest absolute Gasteiger partial charge is 0.102 e. The molecule has 2 nitrogen and oxygen atoms in total. The molecule has 16 heavy (non-hydrogen) atoms. The van der Waals surface area contributed by atoms with Crippen molar-refractivity contribution in [1.29, 1.82) is 0 Å². The molecule has 2 heteroatoms. The van der Waals surface area contributed by atoms with Crippen molar-refractivity contribution in [3.05, 3.63) is 41.5 Å². The van der Waals surface area contributed by atoms with Crippen LogP contribution >= 0.6 is 0 Å². The summed E-state index contributed by atoms with van der Waals surface area (Å²) >= 11 is 0. The van der Waals surface area contributed by atoms with E-state index in [1.165, 1.54) is 42.7 Å². The van der Waals surface area contributed by atoms with Gasteiger partial charge in [0.2, 0.25) is 0 Å². The Morgan fingerprint density at radius 1 is 1.00 bits per heavy atom. The van der Waals surface area contributed by atoms with E-state index in [1.54, 1.807) is 0 Å². The summed E-state index contributed by atoms with van der Waals surface area (Å²) in [5, 5.41) is 0. The van der Waals surface area contributed by atoms with Crippen molar-refractivity contribution >= 4 is 5.69 Å². The Hall–Kier alpha value is -1.28. The number of hydrogen-bond donors (Lipinski definition) is 0. The van der Waals surface area contributed by atoms with Gasteiger partial charge in [0.25, 0.3) is 0 Å². The second-order valence-corrected chi connectivity index (χ2v) is 4.87. The second kappa shape index (κ2) is 3.11. The molecule has 4 rings (SSSR count). The second-order valence-electron chi connectivity index (χ2n) is 4.87. The van der Waals surface area contributed by atoms with Crippen LogP contribution in [0.2, 0.25) is 0 Å². The van der Waals surface area contributed by atoms with E-state index < -0.39 is 0 Å². The van der Waals surface area contributed by atoms with Gasteiger partial charge in [-0.15, -0.1) is 0 Å². The summed E-state index contributed by atoms with van der Waals surface area (Å²) in [5.74, 6) is 0. The largest absolute Gasteiger partial charge is 0.372 e. The van der Waals surface area contributed by atoms with E-state index >= 15 is 0 Å². The van der Waals surface area contributed by atoms with Crippen LogP contribution in [0.15, 0.2) is 30.4 Å². The van der Waals surface area contributed by atoms with Crippen LogP contribution in [0, 0.1) is 0 Å². The highest BCUT2D eigenvalue weighted by molar-refractivity contribution is 5.56. The molecule has 1 aromatic rings. The highest BCUT2D eigenvalue weighted by Crippen LogP contribution is 2.46. The first-order valence-electron chi connectivity index (χ1n) is 6.14. The maximum absolute atomic E-state index is 5.83. The number of rotatable bonds is 1. The van der Waals surface area contributed by atoms with Crippen molar-refractivity contribution < 1.29 is 4.74 Å².